The fourth-order valence-corrected chi connectivity index (χ4v) is 3.28. The Morgan fingerprint density at radius 1 is 1.27 bits per heavy atom. The van der Waals surface area contributed by atoms with E-state index < -0.39 is 10.0 Å². The van der Waals surface area contributed by atoms with Crippen molar-refractivity contribution >= 4 is 27.3 Å². The van der Waals surface area contributed by atoms with Crippen molar-refractivity contribution in [2.45, 2.75) is 11.8 Å². The average Bonchev–Trinajstić information content (AvgIpc) is 2.50. The van der Waals surface area contributed by atoms with Gasteiger partial charge in [-0.1, -0.05) is 23.7 Å². The molecule has 0 saturated carbocycles. The van der Waals surface area contributed by atoms with Gasteiger partial charge in [-0.25, -0.2) is 8.42 Å². The molecule has 2 aromatic carbocycles. The number of anilines is 1. The van der Waals surface area contributed by atoms with E-state index >= 15 is 0 Å². The van der Waals surface area contributed by atoms with Crippen LogP contribution in [0.25, 0.3) is 0 Å². The Morgan fingerprint density at radius 3 is 2.64 bits per heavy atom. The van der Waals surface area contributed by atoms with Crippen molar-refractivity contribution < 1.29 is 13.2 Å². The van der Waals surface area contributed by atoms with Crippen LogP contribution in [0.5, 0.6) is 5.75 Å². The minimum absolute atomic E-state index is 0.0760. The van der Waals surface area contributed by atoms with E-state index in [0.29, 0.717) is 23.1 Å². The Balaban J connectivity index is 2.33. The fourth-order valence-electron chi connectivity index (χ4n) is 1.84. The molecule has 2 rings (SSSR count). The molecular formula is C15H13ClN2O3S. The number of sulfonamides is 1. The predicted octanol–water partition coefficient (Wildman–Crippen LogP) is 3.41. The molecule has 0 aliphatic carbocycles. The quantitative estimate of drug-likeness (QED) is 0.907. The van der Waals surface area contributed by atoms with Gasteiger partial charge < -0.3 is 4.74 Å². The lowest BCUT2D eigenvalue weighted by atomic mass is 10.2. The summed E-state index contributed by atoms with van der Waals surface area (Å²) < 4.78 is 32.4. The summed E-state index contributed by atoms with van der Waals surface area (Å²) in [7, 11) is -3.87. The maximum atomic E-state index is 12.4. The molecule has 1 N–H and O–H groups in total. The van der Waals surface area contributed by atoms with Crippen LogP contribution in [0.1, 0.15) is 12.5 Å². The SMILES string of the molecule is CCOc1ccc(NS(=O)(=O)c2ccccc2C#N)cc1Cl. The van der Waals surface area contributed by atoms with E-state index in [9.17, 15) is 8.42 Å². The van der Waals surface area contributed by atoms with Crippen molar-refractivity contribution in [3.05, 3.63) is 53.1 Å². The second-order valence-electron chi connectivity index (χ2n) is 4.29. The summed E-state index contributed by atoms with van der Waals surface area (Å²) >= 11 is 6.03. The monoisotopic (exact) mass is 336 g/mol. The van der Waals surface area contributed by atoms with E-state index in [1.165, 1.54) is 18.2 Å². The smallest absolute Gasteiger partial charge is 0.263 e. The number of benzene rings is 2. The average molecular weight is 337 g/mol. The molecule has 0 spiro atoms. The van der Waals surface area contributed by atoms with Gasteiger partial charge in [0.1, 0.15) is 16.7 Å². The van der Waals surface area contributed by atoms with Crippen molar-refractivity contribution in [3.63, 3.8) is 0 Å². The molecule has 114 valence electrons. The van der Waals surface area contributed by atoms with E-state index in [2.05, 4.69) is 4.72 Å². The maximum Gasteiger partial charge on any atom is 0.263 e. The number of hydrogen-bond acceptors (Lipinski definition) is 4. The molecule has 0 saturated heterocycles. The minimum atomic E-state index is -3.87. The van der Waals surface area contributed by atoms with Crippen LogP contribution >= 0.6 is 11.6 Å². The van der Waals surface area contributed by atoms with Crippen molar-refractivity contribution in [1.29, 1.82) is 5.26 Å². The first-order valence-electron chi connectivity index (χ1n) is 6.42. The van der Waals surface area contributed by atoms with Gasteiger partial charge in [-0.2, -0.15) is 5.26 Å². The highest BCUT2D eigenvalue weighted by Gasteiger charge is 2.18. The molecular weight excluding hydrogens is 324 g/mol. The molecule has 5 nitrogen and oxygen atoms in total. The fraction of sp³-hybridized carbons (Fsp3) is 0.133. The standard InChI is InChI=1S/C15H13ClN2O3S/c1-2-21-14-8-7-12(9-13(14)16)18-22(19,20)15-6-4-3-5-11(15)10-17/h3-9,18H,2H2,1H3. The third-order valence-corrected chi connectivity index (χ3v) is 4.52. The number of hydrogen-bond donors (Lipinski definition) is 1. The van der Waals surface area contributed by atoms with Gasteiger partial charge in [0.15, 0.2) is 0 Å². The number of rotatable bonds is 5. The molecule has 0 unspecified atom stereocenters. The largest absolute Gasteiger partial charge is 0.492 e. The second kappa shape index (κ2) is 6.69. The molecule has 22 heavy (non-hydrogen) atoms. The third-order valence-electron chi connectivity index (χ3n) is 2.78. The lowest BCUT2D eigenvalue weighted by Crippen LogP contribution is -2.14. The van der Waals surface area contributed by atoms with E-state index in [4.69, 9.17) is 21.6 Å². The number of ether oxygens (including phenoxy) is 1. The van der Waals surface area contributed by atoms with Gasteiger partial charge in [-0.3, -0.25) is 4.72 Å². The van der Waals surface area contributed by atoms with Gasteiger partial charge in [0.2, 0.25) is 0 Å². The van der Waals surface area contributed by atoms with E-state index in [1.54, 1.807) is 24.3 Å². The third kappa shape index (κ3) is 3.50. The maximum absolute atomic E-state index is 12.4. The molecule has 2 aromatic rings. The van der Waals surface area contributed by atoms with Gasteiger partial charge in [-0.15, -0.1) is 0 Å². The first-order chi connectivity index (χ1) is 10.5. The zero-order chi connectivity index (χ0) is 16.2. The molecule has 0 aliphatic heterocycles. The summed E-state index contributed by atoms with van der Waals surface area (Å²) in [6.07, 6.45) is 0. The molecule has 0 bridgehead atoms. The highest BCUT2D eigenvalue weighted by molar-refractivity contribution is 7.92. The van der Waals surface area contributed by atoms with Crippen LogP contribution in [0.15, 0.2) is 47.4 Å². The zero-order valence-corrected chi connectivity index (χ0v) is 13.3. The molecule has 7 heteroatoms. The Morgan fingerprint density at radius 2 is 2.00 bits per heavy atom. The Hall–Kier alpha value is -2.23. The first kappa shape index (κ1) is 16.1. The van der Waals surface area contributed by atoms with Gasteiger partial charge in [0.05, 0.1) is 22.9 Å². The van der Waals surface area contributed by atoms with Crippen molar-refractivity contribution in [3.8, 4) is 11.8 Å². The van der Waals surface area contributed by atoms with Crippen molar-refractivity contribution in [2.24, 2.45) is 0 Å². The summed E-state index contributed by atoms with van der Waals surface area (Å²) in [4.78, 5) is -0.0810. The van der Waals surface area contributed by atoms with Crippen LogP contribution in [0.4, 0.5) is 5.69 Å². The summed E-state index contributed by atoms with van der Waals surface area (Å²) in [5.74, 6) is 0.476. The van der Waals surface area contributed by atoms with Crippen molar-refractivity contribution in [1.82, 2.24) is 0 Å². The van der Waals surface area contributed by atoms with Crippen LogP contribution in [-0.4, -0.2) is 15.0 Å². The van der Waals surface area contributed by atoms with Gasteiger partial charge in [0, 0.05) is 0 Å². The lowest BCUT2D eigenvalue weighted by Gasteiger charge is -2.11. The summed E-state index contributed by atoms with van der Waals surface area (Å²) in [6.45, 7) is 2.28. The van der Waals surface area contributed by atoms with Gasteiger partial charge in [0.25, 0.3) is 10.0 Å². The minimum Gasteiger partial charge on any atom is -0.492 e. The van der Waals surface area contributed by atoms with Gasteiger partial charge in [-0.05, 0) is 37.3 Å². The molecule has 0 aliphatic rings. The Labute approximate surface area is 134 Å². The van der Waals surface area contributed by atoms with Crippen LogP contribution < -0.4 is 9.46 Å². The normalized spacial score (nSPS) is 10.8. The van der Waals surface area contributed by atoms with E-state index in [0.717, 1.165) is 0 Å². The molecule has 0 atom stereocenters. The van der Waals surface area contributed by atoms with Crippen LogP contribution in [0.3, 0.4) is 0 Å². The van der Waals surface area contributed by atoms with Gasteiger partial charge >= 0.3 is 0 Å². The molecule has 0 heterocycles. The molecule has 0 radical (unpaired) electrons. The Kier molecular flexibility index (Phi) is 4.91. The number of nitrogens with zero attached hydrogens (tertiary/aromatic N) is 1. The van der Waals surface area contributed by atoms with Crippen LogP contribution in [0.2, 0.25) is 5.02 Å². The second-order valence-corrected chi connectivity index (χ2v) is 6.35. The highest BCUT2D eigenvalue weighted by atomic mass is 35.5. The topological polar surface area (TPSA) is 79.2 Å². The number of halogens is 1. The van der Waals surface area contributed by atoms with E-state index in [1.807, 2.05) is 13.0 Å². The molecule has 0 amide bonds. The summed E-state index contributed by atoms with van der Waals surface area (Å²) in [5.41, 5.74) is 0.369. The number of nitrogens with one attached hydrogen (secondary N) is 1. The highest BCUT2D eigenvalue weighted by Crippen LogP contribution is 2.29. The zero-order valence-electron chi connectivity index (χ0n) is 11.7. The summed E-state index contributed by atoms with van der Waals surface area (Å²) in [5, 5.41) is 9.31. The van der Waals surface area contributed by atoms with E-state index in [-0.39, 0.29) is 10.5 Å². The van der Waals surface area contributed by atoms with Crippen molar-refractivity contribution in [2.75, 3.05) is 11.3 Å². The Bertz CT molecular complexity index is 829. The number of nitriles is 1. The summed E-state index contributed by atoms with van der Waals surface area (Å²) in [6, 6.07) is 12.4. The van der Waals surface area contributed by atoms with Crippen LogP contribution in [-0.2, 0) is 10.0 Å². The molecule has 0 aromatic heterocycles. The molecule has 0 fully saturated rings. The first-order valence-corrected chi connectivity index (χ1v) is 8.28. The predicted molar refractivity (Wildman–Crippen MR) is 84.6 cm³/mol. The van der Waals surface area contributed by atoms with Crippen LogP contribution in [0, 0.1) is 11.3 Å². The lowest BCUT2D eigenvalue weighted by molar-refractivity contribution is 0.340.